The first-order valence-electron chi connectivity index (χ1n) is 8.49. The number of piperazine rings is 1. The molecule has 0 radical (unpaired) electrons. The molecule has 2 fully saturated rings. The molecule has 3 unspecified atom stereocenters. The lowest BCUT2D eigenvalue weighted by molar-refractivity contribution is -0.124. The quantitative estimate of drug-likeness (QED) is 0.729. The number of nitrogens with zero attached hydrogens (tertiary/aromatic N) is 2. The van der Waals surface area contributed by atoms with Gasteiger partial charge < -0.3 is 11.1 Å². The van der Waals surface area contributed by atoms with Gasteiger partial charge in [0.1, 0.15) is 0 Å². The van der Waals surface area contributed by atoms with Crippen LogP contribution in [-0.4, -0.2) is 66.1 Å². The van der Waals surface area contributed by atoms with Crippen molar-refractivity contribution in [1.29, 1.82) is 0 Å². The number of carbonyl (C=O) groups excluding carboxylic acids is 1. The molecule has 0 spiro atoms. The number of nitrogens with two attached hydrogens (primary N) is 1. The van der Waals surface area contributed by atoms with E-state index in [1.807, 2.05) is 6.92 Å². The Hall–Kier alpha value is -0.650. The van der Waals surface area contributed by atoms with Crippen LogP contribution in [0.25, 0.3) is 0 Å². The molecule has 3 N–H and O–H groups in total. The Bertz CT molecular complexity index is 362. The van der Waals surface area contributed by atoms with Gasteiger partial charge in [-0.15, -0.1) is 0 Å². The minimum Gasteiger partial charge on any atom is -0.368 e. The van der Waals surface area contributed by atoms with Gasteiger partial charge in [-0.3, -0.25) is 14.6 Å². The molecule has 0 aromatic rings. The Morgan fingerprint density at radius 2 is 2.19 bits per heavy atom. The fraction of sp³-hybridized carbons (Fsp3) is 0.938. The summed E-state index contributed by atoms with van der Waals surface area (Å²) < 4.78 is 0. The maximum Gasteiger partial charge on any atom is 0.237 e. The van der Waals surface area contributed by atoms with Crippen LogP contribution >= 0.6 is 0 Å². The number of rotatable bonds is 7. The standard InChI is InChI=1S/C16H32N4O/c1-4-7-18-16(3,15(17)21)11-13(2)20-10-9-19-8-5-6-14(19)12-20/h13-14,18H,4-12H2,1-3H3,(H2,17,21). The molecule has 2 aliphatic heterocycles. The van der Waals surface area contributed by atoms with Gasteiger partial charge in [-0.25, -0.2) is 0 Å². The van der Waals surface area contributed by atoms with Gasteiger partial charge in [-0.1, -0.05) is 6.92 Å². The van der Waals surface area contributed by atoms with Crippen molar-refractivity contribution in [3.8, 4) is 0 Å². The SMILES string of the molecule is CCCNC(C)(CC(C)N1CCN2CCCC2C1)C(N)=O. The molecule has 2 heterocycles. The fourth-order valence-electron chi connectivity index (χ4n) is 3.80. The Morgan fingerprint density at radius 1 is 1.43 bits per heavy atom. The van der Waals surface area contributed by atoms with Crippen LogP contribution in [0, 0.1) is 0 Å². The molecule has 0 aromatic carbocycles. The van der Waals surface area contributed by atoms with Gasteiger partial charge in [-0.05, 0) is 52.6 Å². The normalized spacial score (nSPS) is 28.0. The first-order chi connectivity index (χ1) is 9.96. The second-order valence-corrected chi connectivity index (χ2v) is 7.00. The lowest BCUT2D eigenvalue weighted by Gasteiger charge is -2.42. The van der Waals surface area contributed by atoms with Gasteiger partial charge in [0, 0.05) is 31.7 Å². The summed E-state index contributed by atoms with van der Waals surface area (Å²) >= 11 is 0. The second-order valence-electron chi connectivity index (χ2n) is 7.00. The highest BCUT2D eigenvalue weighted by molar-refractivity contribution is 5.84. The zero-order valence-corrected chi connectivity index (χ0v) is 13.9. The number of hydrogen-bond acceptors (Lipinski definition) is 4. The highest BCUT2D eigenvalue weighted by Crippen LogP contribution is 2.25. The molecule has 0 bridgehead atoms. The van der Waals surface area contributed by atoms with Crippen LogP contribution in [0.1, 0.15) is 46.5 Å². The summed E-state index contributed by atoms with van der Waals surface area (Å²) in [4.78, 5) is 17.0. The topological polar surface area (TPSA) is 61.6 Å². The third-order valence-electron chi connectivity index (χ3n) is 5.25. The Balaban J connectivity index is 1.92. The van der Waals surface area contributed by atoms with E-state index in [9.17, 15) is 4.79 Å². The molecule has 2 saturated heterocycles. The summed E-state index contributed by atoms with van der Waals surface area (Å²) in [6, 6.07) is 1.11. The Kier molecular flexibility index (Phi) is 5.63. The monoisotopic (exact) mass is 296 g/mol. The van der Waals surface area contributed by atoms with E-state index in [1.54, 1.807) is 0 Å². The zero-order chi connectivity index (χ0) is 15.5. The number of nitrogens with one attached hydrogen (secondary N) is 1. The van der Waals surface area contributed by atoms with E-state index in [1.165, 1.54) is 25.9 Å². The van der Waals surface area contributed by atoms with Crippen molar-refractivity contribution in [2.24, 2.45) is 5.73 Å². The lowest BCUT2D eigenvalue weighted by atomic mass is 9.91. The molecular formula is C16H32N4O. The smallest absolute Gasteiger partial charge is 0.237 e. The number of fused-ring (bicyclic) bond motifs is 1. The molecule has 5 heteroatoms. The first kappa shape index (κ1) is 16.7. The minimum absolute atomic E-state index is 0.234. The lowest BCUT2D eigenvalue weighted by Crippen LogP contribution is -2.59. The third-order valence-corrected chi connectivity index (χ3v) is 5.25. The van der Waals surface area contributed by atoms with Crippen LogP contribution in [0.5, 0.6) is 0 Å². The highest BCUT2D eigenvalue weighted by atomic mass is 16.1. The van der Waals surface area contributed by atoms with Crippen molar-refractivity contribution in [2.45, 2.75) is 64.1 Å². The molecule has 2 aliphatic rings. The summed E-state index contributed by atoms with van der Waals surface area (Å²) in [6.45, 7) is 11.8. The number of primary amides is 1. The number of amides is 1. The highest BCUT2D eigenvalue weighted by Gasteiger charge is 2.37. The Morgan fingerprint density at radius 3 is 2.86 bits per heavy atom. The van der Waals surface area contributed by atoms with Gasteiger partial charge in [0.2, 0.25) is 5.91 Å². The molecular weight excluding hydrogens is 264 g/mol. The van der Waals surface area contributed by atoms with Crippen LogP contribution in [0.4, 0.5) is 0 Å². The minimum atomic E-state index is -0.595. The summed E-state index contributed by atoms with van der Waals surface area (Å²) in [5.74, 6) is -0.234. The summed E-state index contributed by atoms with van der Waals surface area (Å²) in [5.41, 5.74) is 5.05. The van der Waals surface area contributed by atoms with Crippen LogP contribution in [0.3, 0.4) is 0 Å². The van der Waals surface area contributed by atoms with E-state index in [2.05, 4.69) is 29.0 Å². The largest absolute Gasteiger partial charge is 0.368 e. The molecule has 1 amide bonds. The molecule has 0 aromatic heterocycles. The van der Waals surface area contributed by atoms with Gasteiger partial charge in [0.25, 0.3) is 0 Å². The number of hydrogen-bond donors (Lipinski definition) is 2. The van der Waals surface area contributed by atoms with Gasteiger partial charge >= 0.3 is 0 Å². The van der Waals surface area contributed by atoms with Crippen molar-refractivity contribution in [1.82, 2.24) is 15.1 Å². The van der Waals surface area contributed by atoms with E-state index >= 15 is 0 Å². The van der Waals surface area contributed by atoms with E-state index in [-0.39, 0.29) is 5.91 Å². The Labute approximate surface area is 129 Å². The molecule has 3 atom stereocenters. The molecule has 0 aliphatic carbocycles. The van der Waals surface area contributed by atoms with Crippen LogP contribution in [0.2, 0.25) is 0 Å². The predicted octanol–water partition coefficient (Wildman–Crippen LogP) is 0.789. The van der Waals surface area contributed by atoms with Crippen LogP contribution < -0.4 is 11.1 Å². The van der Waals surface area contributed by atoms with Crippen molar-refractivity contribution in [3.63, 3.8) is 0 Å². The van der Waals surface area contributed by atoms with Crippen molar-refractivity contribution in [2.75, 3.05) is 32.7 Å². The third kappa shape index (κ3) is 3.96. The van der Waals surface area contributed by atoms with Crippen LogP contribution in [0.15, 0.2) is 0 Å². The second kappa shape index (κ2) is 7.07. The predicted molar refractivity (Wildman–Crippen MR) is 86.1 cm³/mol. The van der Waals surface area contributed by atoms with Crippen molar-refractivity contribution >= 4 is 5.91 Å². The van der Waals surface area contributed by atoms with E-state index < -0.39 is 5.54 Å². The van der Waals surface area contributed by atoms with Gasteiger partial charge in [-0.2, -0.15) is 0 Å². The average Bonchev–Trinajstić information content (AvgIpc) is 2.92. The van der Waals surface area contributed by atoms with Gasteiger partial charge in [0.05, 0.1) is 5.54 Å². The summed E-state index contributed by atoms with van der Waals surface area (Å²) in [5, 5.41) is 3.35. The zero-order valence-electron chi connectivity index (χ0n) is 13.9. The molecule has 2 rings (SSSR count). The average molecular weight is 296 g/mol. The fourth-order valence-corrected chi connectivity index (χ4v) is 3.80. The molecule has 21 heavy (non-hydrogen) atoms. The summed E-state index contributed by atoms with van der Waals surface area (Å²) in [7, 11) is 0. The summed E-state index contributed by atoms with van der Waals surface area (Å²) in [6.07, 6.45) is 4.46. The first-order valence-corrected chi connectivity index (χ1v) is 8.49. The molecule has 5 nitrogen and oxygen atoms in total. The van der Waals surface area contributed by atoms with E-state index in [0.29, 0.717) is 6.04 Å². The number of carbonyl (C=O) groups is 1. The molecule has 122 valence electrons. The van der Waals surface area contributed by atoms with Crippen molar-refractivity contribution in [3.05, 3.63) is 0 Å². The maximum atomic E-state index is 11.9. The van der Waals surface area contributed by atoms with E-state index in [4.69, 9.17) is 5.73 Å². The van der Waals surface area contributed by atoms with Crippen LogP contribution in [-0.2, 0) is 4.79 Å². The van der Waals surface area contributed by atoms with Crippen molar-refractivity contribution < 1.29 is 4.79 Å². The van der Waals surface area contributed by atoms with E-state index in [0.717, 1.165) is 38.5 Å². The van der Waals surface area contributed by atoms with Gasteiger partial charge in [0.15, 0.2) is 0 Å². The maximum absolute atomic E-state index is 11.9. The molecule has 0 saturated carbocycles.